The maximum absolute atomic E-state index is 11.3. The number of rotatable bonds is 10. The second-order valence-corrected chi connectivity index (χ2v) is 5.64. The molecule has 0 aliphatic rings. The summed E-state index contributed by atoms with van der Waals surface area (Å²) in [4.78, 5) is 11.3. The van der Waals surface area contributed by atoms with Gasteiger partial charge in [-0.3, -0.25) is 4.79 Å². The van der Waals surface area contributed by atoms with E-state index in [-0.39, 0.29) is 5.91 Å². The highest BCUT2D eigenvalue weighted by molar-refractivity contribution is 7.99. The molecule has 0 radical (unpaired) electrons. The molecule has 0 spiro atoms. The van der Waals surface area contributed by atoms with E-state index in [0.717, 1.165) is 19.6 Å². The first-order chi connectivity index (χ1) is 7.66. The Bertz CT molecular complexity index is 174. The van der Waals surface area contributed by atoms with Gasteiger partial charge < -0.3 is 10.6 Å². The van der Waals surface area contributed by atoms with Gasteiger partial charge in [0.2, 0.25) is 5.91 Å². The van der Waals surface area contributed by atoms with Crippen molar-refractivity contribution in [1.29, 1.82) is 0 Å². The molecule has 0 aliphatic heterocycles. The Morgan fingerprint density at radius 3 is 2.69 bits per heavy atom. The van der Waals surface area contributed by atoms with Crippen LogP contribution in [0.5, 0.6) is 0 Å². The first-order valence-corrected chi connectivity index (χ1v) is 7.37. The first kappa shape index (κ1) is 15.8. The fourth-order valence-corrected chi connectivity index (χ4v) is 1.81. The summed E-state index contributed by atoms with van der Waals surface area (Å²) < 4.78 is 0. The van der Waals surface area contributed by atoms with E-state index in [4.69, 9.17) is 0 Å². The summed E-state index contributed by atoms with van der Waals surface area (Å²) in [5.74, 6) is 3.09. The number of hydrogen-bond acceptors (Lipinski definition) is 3. The molecule has 0 unspecified atom stereocenters. The highest BCUT2D eigenvalue weighted by Crippen LogP contribution is 1.99. The van der Waals surface area contributed by atoms with Crippen molar-refractivity contribution >= 4 is 17.7 Å². The van der Waals surface area contributed by atoms with Gasteiger partial charge in [0, 0.05) is 19.5 Å². The van der Waals surface area contributed by atoms with Crippen molar-refractivity contribution in [2.45, 2.75) is 33.6 Å². The van der Waals surface area contributed by atoms with Gasteiger partial charge >= 0.3 is 0 Å². The zero-order chi connectivity index (χ0) is 12.2. The van der Waals surface area contributed by atoms with Gasteiger partial charge in [0.25, 0.3) is 0 Å². The summed E-state index contributed by atoms with van der Waals surface area (Å²) >= 11 is 1.96. The van der Waals surface area contributed by atoms with Crippen LogP contribution in [0.2, 0.25) is 0 Å². The Labute approximate surface area is 104 Å². The van der Waals surface area contributed by atoms with Crippen LogP contribution >= 0.6 is 11.8 Å². The van der Waals surface area contributed by atoms with Crippen LogP contribution in [0.25, 0.3) is 0 Å². The molecular weight excluding hydrogens is 220 g/mol. The molecule has 0 aromatic carbocycles. The largest absolute Gasteiger partial charge is 0.356 e. The second kappa shape index (κ2) is 11.3. The maximum Gasteiger partial charge on any atom is 0.221 e. The van der Waals surface area contributed by atoms with Gasteiger partial charge in [-0.2, -0.15) is 11.8 Å². The Hall–Kier alpha value is -0.220. The monoisotopic (exact) mass is 246 g/mol. The van der Waals surface area contributed by atoms with Crippen molar-refractivity contribution in [3.63, 3.8) is 0 Å². The lowest BCUT2D eigenvalue weighted by atomic mass is 10.2. The minimum Gasteiger partial charge on any atom is -0.356 e. The number of amides is 1. The van der Waals surface area contributed by atoms with Crippen LogP contribution in [-0.2, 0) is 4.79 Å². The number of carbonyl (C=O) groups is 1. The lowest BCUT2D eigenvalue weighted by Gasteiger charge is -2.08. The van der Waals surface area contributed by atoms with E-state index in [1.807, 2.05) is 11.8 Å². The molecule has 0 aromatic heterocycles. The van der Waals surface area contributed by atoms with E-state index in [0.29, 0.717) is 12.3 Å². The topological polar surface area (TPSA) is 41.1 Å². The zero-order valence-electron chi connectivity index (χ0n) is 10.8. The summed E-state index contributed by atoms with van der Waals surface area (Å²) in [6, 6.07) is 0. The third kappa shape index (κ3) is 11.9. The van der Waals surface area contributed by atoms with E-state index in [1.54, 1.807) is 0 Å². The van der Waals surface area contributed by atoms with Crippen molar-refractivity contribution in [3.8, 4) is 0 Å². The summed E-state index contributed by atoms with van der Waals surface area (Å²) in [6.45, 7) is 8.97. The van der Waals surface area contributed by atoms with Crippen molar-refractivity contribution in [1.82, 2.24) is 10.6 Å². The standard InChI is InChI=1S/C12H26N2OS/c1-4-16-9-5-7-13-8-6-12(15)14-10-11(2)3/h11,13H,4-10H2,1-3H3,(H,14,15). The smallest absolute Gasteiger partial charge is 0.221 e. The van der Waals surface area contributed by atoms with Crippen molar-refractivity contribution in [3.05, 3.63) is 0 Å². The molecule has 2 N–H and O–H groups in total. The Morgan fingerprint density at radius 2 is 2.06 bits per heavy atom. The molecule has 4 heteroatoms. The van der Waals surface area contributed by atoms with E-state index in [1.165, 1.54) is 17.9 Å². The zero-order valence-corrected chi connectivity index (χ0v) is 11.7. The lowest BCUT2D eigenvalue weighted by molar-refractivity contribution is -0.121. The Morgan fingerprint density at radius 1 is 1.31 bits per heavy atom. The van der Waals surface area contributed by atoms with Crippen LogP contribution < -0.4 is 10.6 Å². The molecule has 0 saturated heterocycles. The van der Waals surface area contributed by atoms with Crippen LogP contribution in [-0.4, -0.2) is 37.0 Å². The van der Waals surface area contributed by atoms with Gasteiger partial charge in [0.1, 0.15) is 0 Å². The molecule has 96 valence electrons. The lowest BCUT2D eigenvalue weighted by Crippen LogP contribution is -2.30. The fraction of sp³-hybridized carbons (Fsp3) is 0.917. The molecule has 0 atom stereocenters. The summed E-state index contributed by atoms with van der Waals surface area (Å²) in [5.41, 5.74) is 0. The van der Waals surface area contributed by atoms with Gasteiger partial charge in [0.15, 0.2) is 0 Å². The van der Waals surface area contributed by atoms with Crippen LogP contribution in [0.4, 0.5) is 0 Å². The van der Waals surface area contributed by atoms with Gasteiger partial charge in [-0.05, 0) is 30.4 Å². The summed E-state index contributed by atoms with van der Waals surface area (Å²) in [7, 11) is 0. The van der Waals surface area contributed by atoms with Gasteiger partial charge in [0.05, 0.1) is 0 Å². The van der Waals surface area contributed by atoms with E-state index in [9.17, 15) is 4.79 Å². The Balaban J connectivity index is 3.15. The fourth-order valence-electron chi connectivity index (χ4n) is 1.18. The third-order valence-corrected chi connectivity index (χ3v) is 3.07. The predicted molar refractivity (Wildman–Crippen MR) is 73.0 cm³/mol. The minimum absolute atomic E-state index is 0.157. The molecular formula is C12H26N2OS. The average molecular weight is 246 g/mol. The summed E-state index contributed by atoms with van der Waals surface area (Å²) in [5, 5.41) is 6.20. The Kier molecular flexibility index (Phi) is 11.1. The van der Waals surface area contributed by atoms with Gasteiger partial charge in [-0.1, -0.05) is 20.8 Å². The minimum atomic E-state index is 0.157. The number of nitrogens with one attached hydrogen (secondary N) is 2. The van der Waals surface area contributed by atoms with Crippen LogP contribution in [0.1, 0.15) is 33.6 Å². The molecule has 0 fully saturated rings. The molecule has 1 amide bonds. The maximum atomic E-state index is 11.3. The summed E-state index contributed by atoms with van der Waals surface area (Å²) in [6.07, 6.45) is 1.78. The molecule has 0 bridgehead atoms. The van der Waals surface area contributed by atoms with Gasteiger partial charge in [-0.15, -0.1) is 0 Å². The molecule has 0 rings (SSSR count). The molecule has 0 saturated carbocycles. The van der Waals surface area contributed by atoms with Crippen molar-refractivity contribution in [2.24, 2.45) is 5.92 Å². The van der Waals surface area contributed by atoms with Gasteiger partial charge in [-0.25, -0.2) is 0 Å². The molecule has 0 aromatic rings. The highest BCUT2D eigenvalue weighted by Gasteiger charge is 2.01. The molecule has 0 aliphatic carbocycles. The average Bonchev–Trinajstić information content (AvgIpc) is 2.25. The van der Waals surface area contributed by atoms with Crippen LogP contribution in [0.15, 0.2) is 0 Å². The second-order valence-electron chi connectivity index (χ2n) is 4.25. The number of carbonyl (C=O) groups excluding carboxylic acids is 1. The quantitative estimate of drug-likeness (QED) is 0.578. The van der Waals surface area contributed by atoms with E-state index >= 15 is 0 Å². The number of thioether (sulfide) groups is 1. The van der Waals surface area contributed by atoms with Crippen molar-refractivity contribution in [2.75, 3.05) is 31.1 Å². The van der Waals surface area contributed by atoms with E-state index in [2.05, 4.69) is 31.4 Å². The highest BCUT2D eigenvalue weighted by atomic mass is 32.2. The SMILES string of the molecule is CCSCCCNCCC(=O)NCC(C)C. The third-order valence-electron chi connectivity index (χ3n) is 2.08. The normalized spacial score (nSPS) is 10.8. The number of hydrogen-bond donors (Lipinski definition) is 2. The van der Waals surface area contributed by atoms with Crippen LogP contribution in [0, 0.1) is 5.92 Å². The molecule has 0 heterocycles. The first-order valence-electron chi connectivity index (χ1n) is 6.22. The molecule has 16 heavy (non-hydrogen) atoms. The van der Waals surface area contributed by atoms with E-state index < -0.39 is 0 Å². The van der Waals surface area contributed by atoms with Crippen molar-refractivity contribution < 1.29 is 4.79 Å². The molecule has 3 nitrogen and oxygen atoms in total. The predicted octanol–water partition coefficient (Wildman–Crippen LogP) is 1.88. The van der Waals surface area contributed by atoms with Crippen LogP contribution in [0.3, 0.4) is 0 Å².